The van der Waals surface area contributed by atoms with Crippen LogP contribution in [0.25, 0.3) is 5.69 Å². The van der Waals surface area contributed by atoms with E-state index in [1.807, 2.05) is 48.5 Å². The quantitative estimate of drug-likeness (QED) is 0.165. The topological polar surface area (TPSA) is 51.6 Å². The zero-order valence-electron chi connectivity index (χ0n) is 21.6. The summed E-state index contributed by atoms with van der Waals surface area (Å²) in [5.74, 6) is 0.587. The van der Waals surface area contributed by atoms with Gasteiger partial charge in [-0.3, -0.25) is 4.98 Å². The minimum absolute atomic E-state index is 0.204. The Morgan fingerprint density at radius 3 is 2.49 bits per heavy atom. The van der Waals surface area contributed by atoms with Gasteiger partial charge in [0.2, 0.25) is 0 Å². The van der Waals surface area contributed by atoms with Crippen LogP contribution < -0.4 is 15.0 Å². The average molecular weight is 602 g/mol. The highest BCUT2D eigenvalue weighted by molar-refractivity contribution is 7.80. The van der Waals surface area contributed by atoms with Crippen molar-refractivity contribution < 1.29 is 9.47 Å². The fourth-order valence-electron chi connectivity index (χ4n) is 5.06. The Balaban J connectivity index is 1.62. The summed E-state index contributed by atoms with van der Waals surface area (Å²) < 4.78 is 13.0. The highest BCUT2D eigenvalue weighted by Crippen LogP contribution is 2.45. The molecule has 0 amide bonds. The van der Waals surface area contributed by atoms with Gasteiger partial charge in [-0.2, -0.15) is 0 Å². The zero-order valence-corrected chi connectivity index (χ0v) is 24.7. The number of ether oxygens (including phenoxy) is 2. The Labute approximate surface area is 248 Å². The van der Waals surface area contributed by atoms with Gasteiger partial charge < -0.3 is 24.3 Å². The van der Waals surface area contributed by atoms with Gasteiger partial charge in [-0.05, 0) is 86.2 Å². The average Bonchev–Trinajstić information content (AvgIpc) is 3.41. The lowest BCUT2D eigenvalue weighted by Gasteiger charge is -2.28. The Kier molecular flexibility index (Phi) is 8.35. The van der Waals surface area contributed by atoms with Crippen LogP contribution in [0.2, 0.25) is 15.1 Å². The minimum Gasteiger partial charge on any atom is -0.490 e. The van der Waals surface area contributed by atoms with E-state index in [4.69, 9.17) is 56.5 Å². The van der Waals surface area contributed by atoms with E-state index in [2.05, 4.69) is 39.7 Å². The van der Waals surface area contributed by atoms with E-state index in [0.717, 1.165) is 34.0 Å². The van der Waals surface area contributed by atoms with E-state index in [0.29, 0.717) is 39.1 Å². The molecular formula is C29H27Cl3N4O2S. The van der Waals surface area contributed by atoms with Gasteiger partial charge in [-0.1, -0.05) is 40.9 Å². The van der Waals surface area contributed by atoms with Crippen molar-refractivity contribution in [1.82, 2.24) is 14.9 Å². The molecule has 1 N–H and O–H groups in total. The largest absolute Gasteiger partial charge is 0.490 e. The predicted octanol–water partition coefficient (Wildman–Crippen LogP) is 7.65. The molecule has 2 atom stereocenters. The van der Waals surface area contributed by atoms with Crippen LogP contribution in [0, 0.1) is 13.8 Å². The molecule has 1 aliphatic heterocycles. The first kappa shape index (κ1) is 27.7. The molecule has 0 aliphatic carbocycles. The first-order chi connectivity index (χ1) is 18.8. The van der Waals surface area contributed by atoms with Crippen LogP contribution in [0.5, 0.6) is 5.75 Å². The number of thiocarbonyl (C=S) groups is 1. The van der Waals surface area contributed by atoms with E-state index < -0.39 is 0 Å². The maximum Gasteiger partial charge on any atom is 0.174 e. The molecule has 0 saturated carbocycles. The Morgan fingerprint density at radius 1 is 0.974 bits per heavy atom. The van der Waals surface area contributed by atoms with Crippen LogP contribution in [0.15, 0.2) is 66.9 Å². The third-order valence-electron chi connectivity index (χ3n) is 6.78. The molecule has 1 saturated heterocycles. The normalized spacial score (nSPS) is 17.0. The van der Waals surface area contributed by atoms with Gasteiger partial charge in [-0.25, -0.2) is 0 Å². The number of methoxy groups -OCH3 is 1. The highest BCUT2D eigenvalue weighted by Gasteiger charge is 2.42. The molecule has 4 aromatic rings. The fraction of sp³-hybridized carbons (Fsp3) is 0.241. The molecule has 2 aromatic carbocycles. The van der Waals surface area contributed by atoms with Crippen molar-refractivity contribution in [3.63, 3.8) is 0 Å². The smallest absolute Gasteiger partial charge is 0.174 e. The monoisotopic (exact) mass is 600 g/mol. The number of halogens is 3. The first-order valence-corrected chi connectivity index (χ1v) is 13.9. The molecule has 0 radical (unpaired) electrons. The van der Waals surface area contributed by atoms with Gasteiger partial charge in [0.25, 0.3) is 0 Å². The summed E-state index contributed by atoms with van der Waals surface area (Å²) in [6, 6.07) is 18.9. The molecule has 39 heavy (non-hydrogen) atoms. The van der Waals surface area contributed by atoms with E-state index in [-0.39, 0.29) is 12.1 Å². The summed E-state index contributed by atoms with van der Waals surface area (Å²) in [6.45, 7) is 5.02. The van der Waals surface area contributed by atoms with E-state index >= 15 is 0 Å². The van der Waals surface area contributed by atoms with Gasteiger partial charge in [0.1, 0.15) is 12.4 Å². The summed E-state index contributed by atoms with van der Waals surface area (Å²) in [5, 5.41) is 5.74. The van der Waals surface area contributed by atoms with Crippen molar-refractivity contribution in [1.29, 1.82) is 0 Å². The maximum absolute atomic E-state index is 6.65. The second kappa shape index (κ2) is 11.7. The number of anilines is 1. The van der Waals surface area contributed by atoms with Gasteiger partial charge in [0.05, 0.1) is 40.1 Å². The Bertz CT molecular complexity index is 1510. The van der Waals surface area contributed by atoms with Gasteiger partial charge in [-0.15, -0.1) is 0 Å². The third-order valence-corrected chi connectivity index (χ3v) is 7.92. The summed E-state index contributed by atoms with van der Waals surface area (Å²) in [7, 11) is 1.63. The number of hydrogen-bond acceptors (Lipinski definition) is 4. The standard InChI is InChI=1S/C29H27Cl3N4O2S/c1-17-14-21(18(2)35(17)25-9-7-19(30)15-22(25)31)28-27(24-6-4-5-11-33-24)34-29(39)36(28)20-8-10-26(23(32)16-20)38-13-12-37-3/h4-11,14-16,27-28H,12-13H2,1-3H3,(H,34,39)/t27-,28+/m0/s1. The lowest BCUT2D eigenvalue weighted by molar-refractivity contribution is 0.146. The third kappa shape index (κ3) is 5.47. The molecule has 1 fully saturated rings. The molecule has 202 valence electrons. The van der Waals surface area contributed by atoms with E-state index in [1.54, 1.807) is 19.4 Å². The summed E-state index contributed by atoms with van der Waals surface area (Å²) >= 11 is 25.4. The predicted molar refractivity (Wildman–Crippen MR) is 162 cm³/mol. The molecular weight excluding hydrogens is 575 g/mol. The second-order valence-electron chi connectivity index (χ2n) is 9.21. The molecule has 0 unspecified atom stereocenters. The van der Waals surface area contributed by atoms with Crippen LogP contribution in [0.4, 0.5) is 5.69 Å². The second-order valence-corrected chi connectivity index (χ2v) is 10.8. The molecule has 6 nitrogen and oxygen atoms in total. The number of nitrogens with one attached hydrogen (secondary N) is 1. The molecule has 3 heterocycles. The van der Waals surface area contributed by atoms with Crippen molar-refractivity contribution in [2.24, 2.45) is 0 Å². The number of hydrogen-bond donors (Lipinski definition) is 1. The lowest BCUT2D eigenvalue weighted by Crippen LogP contribution is -2.29. The van der Waals surface area contributed by atoms with Crippen LogP contribution in [-0.2, 0) is 4.74 Å². The van der Waals surface area contributed by atoms with Crippen molar-refractivity contribution in [2.45, 2.75) is 25.9 Å². The van der Waals surface area contributed by atoms with Crippen LogP contribution in [-0.4, -0.2) is 35.0 Å². The van der Waals surface area contributed by atoms with E-state index in [9.17, 15) is 0 Å². The summed E-state index contributed by atoms with van der Waals surface area (Å²) in [5.41, 5.74) is 5.73. The van der Waals surface area contributed by atoms with Crippen molar-refractivity contribution >= 4 is 57.8 Å². The fourth-order valence-corrected chi connectivity index (χ4v) is 6.13. The highest BCUT2D eigenvalue weighted by atomic mass is 35.5. The summed E-state index contributed by atoms with van der Waals surface area (Å²) in [4.78, 5) is 6.76. The first-order valence-electron chi connectivity index (χ1n) is 12.4. The number of benzene rings is 2. The molecule has 0 bridgehead atoms. The molecule has 5 rings (SSSR count). The number of pyridine rings is 1. The maximum atomic E-state index is 6.65. The zero-order chi connectivity index (χ0) is 27.7. The summed E-state index contributed by atoms with van der Waals surface area (Å²) in [6.07, 6.45) is 1.79. The number of aryl methyl sites for hydroxylation is 1. The van der Waals surface area contributed by atoms with Crippen molar-refractivity contribution in [3.8, 4) is 11.4 Å². The number of nitrogens with zero attached hydrogens (tertiary/aromatic N) is 3. The van der Waals surface area contributed by atoms with Gasteiger partial charge in [0, 0.05) is 35.4 Å². The molecule has 0 spiro atoms. The van der Waals surface area contributed by atoms with Crippen LogP contribution in [0.3, 0.4) is 0 Å². The molecule has 10 heteroatoms. The molecule has 2 aromatic heterocycles. The van der Waals surface area contributed by atoms with E-state index in [1.165, 1.54) is 0 Å². The number of rotatable bonds is 8. The minimum atomic E-state index is -0.213. The van der Waals surface area contributed by atoms with Gasteiger partial charge in [0.15, 0.2) is 5.11 Å². The van der Waals surface area contributed by atoms with Crippen molar-refractivity contribution in [3.05, 3.63) is 105 Å². The van der Waals surface area contributed by atoms with Gasteiger partial charge >= 0.3 is 0 Å². The Morgan fingerprint density at radius 2 is 1.79 bits per heavy atom. The van der Waals surface area contributed by atoms with Crippen molar-refractivity contribution in [2.75, 3.05) is 25.2 Å². The number of aromatic nitrogens is 2. The Hall–Kier alpha value is -2.81. The SMILES string of the molecule is COCCOc1ccc(N2C(=S)N[C@@H](c3ccccn3)[C@H]2c2cc(C)n(-c3ccc(Cl)cc3Cl)c2C)cc1Cl. The lowest BCUT2D eigenvalue weighted by atomic mass is 9.96. The van der Waals surface area contributed by atoms with Crippen LogP contribution >= 0.6 is 47.0 Å². The molecule has 1 aliphatic rings. The van der Waals surface area contributed by atoms with Crippen LogP contribution in [0.1, 0.15) is 34.7 Å².